The normalized spacial score (nSPS) is 11.7. The summed E-state index contributed by atoms with van der Waals surface area (Å²) in [5, 5.41) is 3.06. The molecular weight excluding hydrogens is 296 g/mol. The Labute approximate surface area is 135 Å². The molecule has 1 amide bonds. The highest BCUT2D eigenvalue weighted by Crippen LogP contribution is 2.23. The summed E-state index contributed by atoms with van der Waals surface area (Å²) in [7, 11) is 1.64. The molecule has 2 aromatic rings. The molecule has 0 unspecified atom stereocenters. The molecule has 0 radical (unpaired) electrons. The van der Waals surface area contributed by atoms with Crippen molar-refractivity contribution in [1.82, 2.24) is 10.3 Å². The van der Waals surface area contributed by atoms with Crippen LogP contribution in [0.1, 0.15) is 24.9 Å². The van der Waals surface area contributed by atoms with Crippen molar-refractivity contribution in [2.75, 3.05) is 12.9 Å². The van der Waals surface area contributed by atoms with Gasteiger partial charge in [-0.2, -0.15) is 0 Å². The fraction of sp³-hybridized carbons (Fsp3) is 0.294. The van der Waals surface area contributed by atoms with Crippen molar-refractivity contribution in [2.24, 2.45) is 0 Å². The standard InChI is InChI=1S/C17H20N2O2S/c1-3-16(13-7-9-18-10-8-13)19-17(20)12-22-15-6-4-5-14(11-15)21-2/h4-11,16H,3,12H2,1-2H3,(H,19,20)/t16-/m0/s1. The second-order valence-electron chi connectivity index (χ2n) is 4.78. The third-order valence-corrected chi connectivity index (χ3v) is 4.26. The van der Waals surface area contributed by atoms with Crippen molar-refractivity contribution in [1.29, 1.82) is 0 Å². The fourth-order valence-corrected chi connectivity index (χ4v) is 2.85. The number of nitrogens with one attached hydrogen (secondary N) is 1. The number of aromatic nitrogens is 1. The van der Waals surface area contributed by atoms with Crippen molar-refractivity contribution in [3.63, 3.8) is 0 Å². The molecule has 1 heterocycles. The van der Waals surface area contributed by atoms with Crippen LogP contribution in [0, 0.1) is 0 Å². The lowest BCUT2D eigenvalue weighted by Gasteiger charge is -2.17. The second-order valence-corrected chi connectivity index (χ2v) is 5.83. The molecule has 4 nitrogen and oxygen atoms in total. The summed E-state index contributed by atoms with van der Waals surface area (Å²) in [5.74, 6) is 1.21. The topological polar surface area (TPSA) is 51.2 Å². The van der Waals surface area contributed by atoms with Crippen molar-refractivity contribution in [3.05, 3.63) is 54.4 Å². The van der Waals surface area contributed by atoms with E-state index in [4.69, 9.17) is 4.74 Å². The van der Waals surface area contributed by atoms with Gasteiger partial charge in [-0.3, -0.25) is 9.78 Å². The van der Waals surface area contributed by atoms with Gasteiger partial charge >= 0.3 is 0 Å². The van der Waals surface area contributed by atoms with Crippen molar-refractivity contribution in [2.45, 2.75) is 24.3 Å². The molecule has 2 rings (SSSR count). The van der Waals surface area contributed by atoms with E-state index in [1.54, 1.807) is 19.5 Å². The number of rotatable bonds is 7. The first-order chi connectivity index (χ1) is 10.7. The number of methoxy groups -OCH3 is 1. The first-order valence-electron chi connectivity index (χ1n) is 7.19. The minimum Gasteiger partial charge on any atom is -0.497 e. The van der Waals surface area contributed by atoms with Crippen LogP contribution in [0.4, 0.5) is 0 Å². The molecule has 0 spiro atoms. The van der Waals surface area contributed by atoms with Crippen LogP contribution in [0.5, 0.6) is 5.75 Å². The number of carbonyl (C=O) groups excluding carboxylic acids is 1. The van der Waals surface area contributed by atoms with Gasteiger partial charge < -0.3 is 10.1 Å². The molecule has 22 heavy (non-hydrogen) atoms. The quantitative estimate of drug-likeness (QED) is 0.795. The highest BCUT2D eigenvalue weighted by Gasteiger charge is 2.12. The predicted octanol–water partition coefficient (Wildman–Crippen LogP) is 3.45. The highest BCUT2D eigenvalue weighted by atomic mass is 32.2. The summed E-state index contributed by atoms with van der Waals surface area (Å²) in [6, 6.07) is 11.6. The first-order valence-corrected chi connectivity index (χ1v) is 8.17. The molecule has 0 bridgehead atoms. The molecule has 0 aliphatic heterocycles. The number of nitrogens with zero attached hydrogens (tertiary/aromatic N) is 1. The SMILES string of the molecule is CC[C@H](NC(=O)CSc1cccc(OC)c1)c1ccncc1. The molecule has 5 heteroatoms. The molecule has 0 saturated heterocycles. The first kappa shape index (κ1) is 16.4. The highest BCUT2D eigenvalue weighted by molar-refractivity contribution is 8.00. The zero-order valence-electron chi connectivity index (χ0n) is 12.8. The van der Waals surface area contributed by atoms with E-state index >= 15 is 0 Å². The zero-order chi connectivity index (χ0) is 15.8. The Balaban J connectivity index is 1.89. The summed E-state index contributed by atoms with van der Waals surface area (Å²) in [5.41, 5.74) is 1.08. The minimum absolute atomic E-state index is 0.0245. The average Bonchev–Trinajstić information content (AvgIpc) is 2.58. The smallest absolute Gasteiger partial charge is 0.230 e. The van der Waals surface area contributed by atoms with Gasteiger partial charge in [0.2, 0.25) is 5.91 Å². The Bertz CT molecular complexity index is 605. The van der Waals surface area contributed by atoms with Gasteiger partial charge in [-0.15, -0.1) is 11.8 Å². The number of carbonyl (C=O) groups is 1. The van der Waals surface area contributed by atoms with E-state index in [0.29, 0.717) is 5.75 Å². The lowest BCUT2D eigenvalue weighted by molar-refractivity contribution is -0.119. The summed E-state index contributed by atoms with van der Waals surface area (Å²) in [6.07, 6.45) is 4.34. The maximum atomic E-state index is 12.1. The third-order valence-electron chi connectivity index (χ3n) is 3.26. The fourth-order valence-electron chi connectivity index (χ4n) is 2.09. The summed E-state index contributed by atoms with van der Waals surface area (Å²) in [4.78, 5) is 17.2. The maximum Gasteiger partial charge on any atom is 0.230 e. The van der Waals surface area contributed by atoms with E-state index in [0.717, 1.165) is 22.6 Å². The van der Waals surface area contributed by atoms with Gasteiger partial charge in [-0.1, -0.05) is 13.0 Å². The Morgan fingerprint density at radius 3 is 2.77 bits per heavy atom. The van der Waals surface area contributed by atoms with Crippen LogP contribution in [0.25, 0.3) is 0 Å². The van der Waals surface area contributed by atoms with Gasteiger partial charge in [0, 0.05) is 17.3 Å². The number of hydrogen-bond donors (Lipinski definition) is 1. The average molecular weight is 316 g/mol. The predicted molar refractivity (Wildman–Crippen MR) is 89.1 cm³/mol. The van der Waals surface area contributed by atoms with E-state index in [1.165, 1.54) is 11.8 Å². The summed E-state index contributed by atoms with van der Waals surface area (Å²) < 4.78 is 5.18. The summed E-state index contributed by atoms with van der Waals surface area (Å²) >= 11 is 1.50. The largest absolute Gasteiger partial charge is 0.497 e. The maximum absolute atomic E-state index is 12.1. The number of hydrogen-bond acceptors (Lipinski definition) is 4. The number of ether oxygens (including phenoxy) is 1. The van der Waals surface area contributed by atoms with E-state index in [1.807, 2.05) is 36.4 Å². The Morgan fingerprint density at radius 1 is 1.32 bits per heavy atom. The summed E-state index contributed by atoms with van der Waals surface area (Å²) in [6.45, 7) is 2.06. The molecule has 0 aliphatic carbocycles. The second kappa shape index (κ2) is 8.44. The molecule has 1 atom stereocenters. The molecule has 1 aromatic heterocycles. The third kappa shape index (κ3) is 4.77. The van der Waals surface area contributed by atoms with Crippen molar-refractivity contribution < 1.29 is 9.53 Å². The lowest BCUT2D eigenvalue weighted by Crippen LogP contribution is -2.29. The molecule has 0 saturated carbocycles. The molecular formula is C17H20N2O2S. The van der Waals surface area contributed by atoms with Gasteiger partial charge in [0.05, 0.1) is 18.9 Å². The van der Waals surface area contributed by atoms with E-state index < -0.39 is 0 Å². The zero-order valence-corrected chi connectivity index (χ0v) is 13.6. The Kier molecular flexibility index (Phi) is 6.27. The monoisotopic (exact) mass is 316 g/mol. The Morgan fingerprint density at radius 2 is 2.09 bits per heavy atom. The minimum atomic E-state index is 0.0245. The van der Waals surface area contributed by atoms with Gasteiger partial charge in [0.15, 0.2) is 0 Å². The van der Waals surface area contributed by atoms with Crippen molar-refractivity contribution in [3.8, 4) is 5.75 Å². The van der Waals surface area contributed by atoms with Crippen LogP contribution in [-0.2, 0) is 4.79 Å². The van der Waals surface area contributed by atoms with Gasteiger partial charge in [-0.05, 0) is 42.3 Å². The van der Waals surface area contributed by atoms with E-state index in [2.05, 4.69) is 17.2 Å². The van der Waals surface area contributed by atoms with Gasteiger partial charge in [-0.25, -0.2) is 0 Å². The van der Waals surface area contributed by atoms with E-state index in [-0.39, 0.29) is 11.9 Å². The number of thioether (sulfide) groups is 1. The number of amides is 1. The van der Waals surface area contributed by atoms with Gasteiger partial charge in [0.25, 0.3) is 0 Å². The number of pyridine rings is 1. The van der Waals surface area contributed by atoms with Crippen LogP contribution >= 0.6 is 11.8 Å². The van der Waals surface area contributed by atoms with Crippen LogP contribution in [0.15, 0.2) is 53.7 Å². The van der Waals surface area contributed by atoms with Crippen LogP contribution < -0.4 is 10.1 Å². The molecule has 1 N–H and O–H groups in total. The Hall–Kier alpha value is -2.01. The lowest BCUT2D eigenvalue weighted by atomic mass is 10.1. The molecule has 1 aromatic carbocycles. The van der Waals surface area contributed by atoms with Crippen LogP contribution in [-0.4, -0.2) is 23.8 Å². The van der Waals surface area contributed by atoms with Crippen molar-refractivity contribution >= 4 is 17.7 Å². The van der Waals surface area contributed by atoms with Crippen LogP contribution in [0.2, 0.25) is 0 Å². The van der Waals surface area contributed by atoms with Crippen LogP contribution in [0.3, 0.4) is 0 Å². The van der Waals surface area contributed by atoms with E-state index in [9.17, 15) is 4.79 Å². The molecule has 0 aliphatic rings. The molecule has 0 fully saturated rings. The molecule has 116 valence electrons. The van der Waals surface area contributed by atoms with Gasteiger partial charge in [0.1, 0.15) is 5.75 Å². The number of benzene rings is 1.